The van der Waals surface area contributed by atoms with Crippen LogP contribution in [-0.2, 0) is 6.67 Å². The number of nitrogens with one attached hydrogen (secondary N) is 1. The lowest BCUT2D eigenvalue weighted by Crippen LogP contribution is -2.10. The van der Waals surface area contributed by atoms with Gasteiger partial charge < -0.3 is 4.98 Å². The Morgan fingerprint density at radius 1 is 1.70 bits per heavy atom. The van der Waals surface area contributed by atoms with Crippen molar-refractivity contribution in [3.05, 3.63) is 33.7 Å². The Hall–Kier alpha value is -1.12. The fraction of sp³-hybridized carbons (Fsp3) is 0.286. The zero-order valence-electron chi connectivity index (χ0n) is 5.65. The van der Waals surface area contributed by atoms with Crippen molar-refractivity contribution >= 4 is 0 Å². The van der Waals surface area contributed by atoms with Gasteiger partial charge in [0.15, 0.2) is 0 Å². The van der Waals surface area contributed by atoms with E-state index >= 15 is 0 Å². The third kappa shape index (κ3) is 1.23. The largest absolute Gasteiger partial charge is 0.329 e. The molecule has 0 aliphatic rings. The van der Waals surface area contributed by atoms with Crippen molar-refractivity contribution in [2.24, 2.45) is 0 Å². The molecule has 2 nitrogen and oxygen atoms in total. The third-order valence-corrected chi connectivity index (χ3v) is 1.27. The number of alkyl halides is 1. The second-order valence-corrected chi connectivity index (χ2v) is 2.17. The normalized spacial score (nSPS) is 9.80. The number of hydrogen-bond acceptors (Lipinski definition) is 1. The number of aromatic amines is 1. The molecule has 10 heavy (non-hydrogen) atoms. The molecule has 3 heteroatoms. The summed E-state index contributed by atoms with van der Waals surface area (Å²) < 4.78 is 11.9. The van der Waals surface area contributed by atoms with Crippen molar-refractivity contribution in [1.29, 1.82) is 0 Å². The van der Waals surface area contributed by atoms with Crippen molar-refractivity contribution in [3.8, 4) is 0 Å². The van der Waals surface area contributed by atoms with Crippen molar-refractivity contribution in [3.63, 3.8) is 0 Å². The van der Waals surface area contributed by atoms with Crippen LogP contribution in [0, 0.1) is 6.92 Å². The highest BCUT2D eigenvalue weighted by Gasteiger charge is 1.96. The van der Waals surface area contributed by atoms with Gasteiger partial charge >= 0.3 is 0 Å². The van der Waals surface area contributed by atoms with Crippen LogP contribution in [0.3, 0.4) is 0 Å². The Morgan fingerprint density at radius 3 is 2.90 bits per heavy atom. The van der Waals surface area contributed by atoms with E-state index in [9.17, 15) is 9.18 Å². The molecule has 0 spiro atoms. The van der Waals surface area contributed by atoms with Gasteiger partial charge in [0.1, 0.15) is 6.67 Å². The van der Waals surface area contributed by atoms with Crippen LogP contribution in [0.1, 0.15) is 11.1 Å². The monoisotopic (exact) mass is 141 g/mol. The molecule has 54 valence electrons. The van der Waals surface area contributed by atoms with Crippen molar-refractivity contribution in [1.82, 2.24) is 4.98 Å². The SMILES string of the molecule is Cc1c[nH]c(=O)c(CF)c1. The fourth-order valence-electron chi connectivity index (χ4n) is 0.753. The molecule has 0 aliphatic heterocycles. The van der Waals surface area contributed by atoms with E-state index in [1.807, 2.05) is 0 Å². The van der Waals surface area contributed by atoms with Crippen molar-refractivity contribution < 1.29 is 4.39 Å². The Labute approximate surface area is 57.7 Å². The predicted molar refractivity (Wildman–Crippen MR) is 36.6 cm³/mol. The van der Waals surface area contributed by atoms with Crippen LogP contribution in [0.4, 0.5) is 4.39 Å². The minimum Gasteiger partial charge on any atom is -0.329 e. The highest BCUT2D eigenvalue weighted by atomic mass is 19.1. The van der Waals surface area contributed by atoms with E-state index < -0.39 is 6.67 Å². The zero-order chi connectivity index (χ0) is 7.56. The van der Waals surface area contributed by atoms with Crippen molar-refractivity contribution in [2.75, 3.05) is 0 Å². The van der Waals surface area contributed by atoms with Crippen LogP contribution in [0.2, 0.25) is 0 Å². The number of aryl methyl sites for hydroxylation is 1. The van der Waals surface area contributed by atoms with Crippen LogP contribution < -0.4 is 5.56 Å². The van der Waals surface area contributed by atoms with E-state index in [1.54, 1.807) is 19.2 Å². The van der Waals surface area contributed by atoms with E-state index in [0.29, 0.717) is 0 Å². The van der Waals surface area contributed by atoms with Gasteiger partial charge in [-0.15, -0.1) is 0 Å². The summed E-state index contributed by atoms with van der Waals surface area (Å²) in [7, 11) is 0. The zero-order valence-corrected chi connectivity index (χ0v) is 5.65. The van der Waals surface area contributed by atoms with E-state index in [0.717, 1.165) is 5.56 Å². The minimum atomic E-state index is -0.697. The van der Waals surface area contributed by atoms with Gasteiger partial charge in [0.05, 0.1) is 0 Å². The smallest absolute Gasteiger partial charge is 0.253 e. The van der Waals surface area contributed by atoms with Gasteiger partial charge in [0, 0.05) is 11.8 Å². The minimum absolute atomic E-state index is 0.194. The third-order valence-electron chi connectivity index (χ3n) is 1.27. The molecule has 0 fully saturated rings. The topological polar surface area (TPSA) is 32.9 Å². The molecular weight excluding hydrogens is 133 g/mol. The Balaban J connectivity index is 3.22. The lowest BCUT2D eigenvalue weighted by Gasteiger charge is -1.93. The summed E-state index contributed by atoms with van der Waals surface area (Å²) in [6, 6.07) is 1.54. The number of hydrogen-bond donors (Lipinski definition) is 1. The second-order valence-electron chi connectivity index (χ2n) is 2.17. The molecule has 1 rings (SSSR count). The number of rotatable bonds is 1. The summed E-state index contributed by atoms with van der Waals surface area (Å²) in [5, 5.41) is 0. The standard InChI is InChI=1S/C7H8FNO/c1-5-2-6(3-8)7(10)9-4-5/h2,4H,3H2,1H3,(H,9,10). The van der Waals surface area contributed by atoms with Crippen LogP contribution in [0.15, 0.2) is 17.1 Å². The van der Waals surface area contributed by atoms with Crippen LogP contribution in [0.5, 0.6) is 0 Å². The van der Waals surface area contributed by atoms with E-state index in [4.69, 9.17) is 0 Å². The van der Waals surface area contributed by atoms with Gasteiger partial charge in [-0.3, -0.25) is 4.79 Å². The molecule has 1 aromatic heterocycles. The lowest BCUT2D eigenvalue weighted by atomic mass is 10.2. The Morgan fingerprint density at radius 2 is 2.40 bits per heavy atom. The molecule has 0 saturated heterocycles. The first kappa shape index (κ1) is 6.99. The molecule has 1 aromatic rings. The summed E-state index contributed by atoms with van der Waals surface area (Å²) in [6.45, 7) is 1.10. The molecule has 0 saturated carbocycles. The Bertz CT molecular complexity index is 279. The fourth-order valence-corrected chi connectivity index (χ4v) is 0.753. The van der Waals surface area contributed by atoms with E-state index in [1.165, 1.54) is 0 Å². The first-order chi connectivity index (χ1) is 4.74. The number of H-pyrrole nitrogens is 1. The molecule has 0 aromatic carbocycles. The lowest BCUT2D eigenvalue weighted by molar-refractivity contribution is 0.481. The maximum atomic E-state index is 11.9. The average molecular weight is 141 g/mol. The van der Waals surface area contributed by atoms with Crippen LogP contribution in [-0.4, -0.2) is 4.98 Å². The second kappa shape index (κ2) is 2.64. The number of aromatic nitrogens is 1. The summed E-state index contributed by atoms with van der Waals surface area (Å²) in [5.74, 6) is 0. The number of halogens is 1. The van der Waals surface area contributed by atoms with E-state index in [-0.39, 0.29) is 11.1 Å². The molecule has 0 amide bonds. The molecule has 1 N–H and O–H groups in total. The molecule has 0 atom stereocenters. The molecule has 0 aliphatic carbocycles. The maximum Gasteiger partial charge on any atom is 0.253 e. The molecule has 1 heterocycles. The van der Waals surface area contributed by atoms with Gasteiger partial charge in [-0.25, -0.2) is 4.39 Å². The maximum absolute atomic E-state index is 11.9. The number of pyridine rings is 1. The van der Waals surface area contributed by atoms with E-state index in [2.05, 4.69) is 4.98 Å². The summed E-state index contributed by atoms with van der Waals surface area (Å²) in [5.41, 5.74) is 0.723. The summed E-state index contributed by atoms with van der Waals surface area (Å²) in [4.78, 5) is 13.1. The van der Waals surface area contributed by atoms with Crippen LogP contribution >= 0.6 is 0 Å². The van der Waals surface area contributed by atoms with Gasteiger partial charge in [0.25, 0.3) is 5.56 Å². The highest BCUT2D eigenvalue weighted by Crippen LogP contribution is 1.96. The van der Waals surface area contributed by atoms with Gasteiger partial charge in [0.2, 0.25) is 0 Å². The quantitative estimate of drug-likeness (QED) is 0.625. The first-order valence-electron chi connectivity index (χ1n) is 2.98. The molecule has 0 bridgehead atoms. The molecular formula is C7H8FNO. The predicted octanol–water partition coefficient (Wildman–Crippen LogP) is 1.15. The van der Waals surface area contributed by atoms with Crippen LogP contribution in [0.25, 0.3) is 0 Å². The van der Waals surface area contributed by atoms with Gasteiger partial charge in [-0.1, -0.05) is 0 Å². The highest BCUT2D eigenvalue weighted by molar-refractivity contribution is 5.15. The molecule has 0 radical (unpaired) electrons. The molecule has 0 unspecified atom stereocenters. The van der Waals surface area contributed by atoms with Crippen molar-refractivity contribution in [2.45, 2.75) is 13.6 Å². The summed E-state index contributed by atoms with van der Waals surface area (Å²) >= 11 is 0. The first-order valence-corrected chi connectivity index (χ1v) is 2.98. The summed E-state index contributed by atoms with van der Waals surface area (Å²) in [6.07, 6.45) is 1.56. The van der Waals surface area contributed by atoms with Gasteiger partial charge in [-0.05, 0) is 18.6 Å². The Kier molecular flexibility index (Phi) is 1.85. The van der Waals surface area contributed by atoms with Gasteiger partial charge in [-0.2, -0.15) is 0 Å². The average Bonchev–Trinajstić information content (AvgIpc) is 1.94.